The van der Waals surface area contributed by atoms with Crippen LogP contribution in [-0.2, 0) is 16.1 Å². The molecule has 6 nitrogen and oxygen atoms in total. The van der Waals surface area contributed by atoms with Crippen molar-refractivity contribution < 1.29 is 19.0 Å². The topological polar surface area (TPSA) is 68.8 Å². The molecule has 0 heterocycles. The quantitative estimate of drug-likeness (QED) is 0.650. The molecule has 0 aliphatic rings. The first-order chi connectivity index (χ1) is 10.1. The summed E-state index contributed by atoms with van der Waals surface area (Å²) >= 11 is 3.46. The highest BCUT2D eigenvalue weighted by atomic mass is 79.9. The number of amides is 1. The first-order valence-corrected chi connectivity index (χ1v) is 7.28. The Kier molecular flexibility index (Phi) is 8.11. The van der Waals surface area contributed by atoms with Gasteiger partial charge in [-0.3, -0.25) is 4.79 Å². The van der Waals surface area contributed by atoms with Crippen LogP contribution in [0.4, 0.5) is 0 Å². The fraction of sp³-hybridized carbons (Fsp3) is 0.500. The van der Waals surface area contributed by atoms with Crippen molar-refractivity contribution in [1.29, 1.82) is 0 Å². The van der Waals surface area contributed by atoms with Crippen LogP contribution in [0.25, 0.3) is 0 Å². The molecule has 21 heavy (non-hydrogen) atoms. The van der Waals surface area contributed by atoms with Gasteiger partial charge in [-0.2, -0.15) is 0 Å². The van der Waals surface area contributed by atoms with Crippen molar-refractivity contribution in [3.8, 4) is 11.5 Å². The lowest BCUT2D eigenvalue weighted by molar-refractivity contribution is -0.120. The van der Waals surface area contributed by atoms with Crippen molar-refractivity contribution in [3.05, 3.63) is 22.2 Å². The summed E-state index contributed by atoms with van der Waals surface area (Å²) in [6, 6.07) is 3.65. The van der Waals surface area contributed by atoms with Crippen LogP contribution >= 0.6 is 15.9 Å². The zero-order valence-electron chi connectivity index (χ0n) is 12.5. The number of carbonyl (C=O) groups is 1. The molecule has 1 amide bonds. The second kappa shape index (κ2) is 9.59. The number of hydrogen-bond donors (Lipinski definition) is 2. The molecule has 118 valence electrons. The molecule has 0 aromatic heterocycles. The van der Waals surface area contributed by atoms with Crippen molar-refractivity contribution in [2.75, 3.05) is 41.0 Å². The van der Waals surface area contributed by atoms with Gasteiger partial charge >= 0.3 is 0 Å². The highest BCUT2D eigenvalue weighted by molar-refractivity contribution is 9.10. The molecule has 0 unspecified atom stereocenters. The molecule has 2 N–H and O–H groups in total. The maximum absolute atomic E-state index is 11.7. The zero-order chi connectivity index (χ0) is 15.7. The Morgan fingerprint density at radius 1 is 1.19 bits per heavy atom. The van der Waals surface area contributed by atoms with Crippen LogP contribution in [0.1, 0.15) is 5.56 Å². The third-order valence-corrected chi connectivity index (χ3v) is 3.54. The number of nitrogens with one attached hydrogen (secondary N) is 2. The number of methoxy groups -OCH3 is 3. The van der Waals surface area contributed by atoms with Gasteiger partial charge in [-0.15, -0.1) is 0 Å². The summed E-state index contributed by atoms with van der Waals surface area (Å²) in [6.45, 7) is 1.89. The lowest BCUT2D eigenvalue weighted by Crippen LogP contribution is -2.34. The molecular formula is C14H21BrN2O4. The minimum atomic E-state index is -0.0761. The lowest BCUT2D eigenvalue weighted by Gasteiger charge is -2.12. The molecule has 0 spiro atoms. The molecular weight excluding hydrogens is 340 g/mol. The monoisotopic (exact) mass is 360 g/mol. The van der Waals surface area contributed by atoms with E-state index in [0.29, 0.717) is 31.2 Å². The van der Waals surface area contributed by atoms with E-state index in [0.717, 1.165) is 10.0 Å². The molecule has 1 aromatic carbocycles. The summed E-state index contributed by atoms with van der Waals surface area (Å²) < 4.78 is 16.2. The standard InChI is InChI=1S/C14H21BrN2O4/c1-19-5-4-16-9-14(18)17-8-10-6-12(20-2)13(21-3)7-11(10)15/h6-7,16H,4-5,8-9H2,1-3H3,(H,17,18). The van der Waals surface area contributed by atoms with Gasteiger partial charge in [-0.05, 0) is 17.7 Å². The van der Waals surface area contributed by atoms with E-state index >= 15 is 0 Å². The van der Waals surface area contributed by atoms with Gasteiger partial charge in [0, 0.05) is 24.7 Å². The van der Waals surface area contributed by atoms with E-state index in [-0.39, 0.29) is 12.5 Å². The predicted molar refractivity (Wildman–Crippen MR) is 83.8 cm³/mol. The molecule has 7 heteroatoms. The maximum Gasteiger partial charge on any atom is 0.234 e. The zero-order valence-corrected chi connectivity index (χ0v) is 14.1. The van der Waals surface area contributed by atoms with Crippen LogP contribution in [0.5, 0.6) is 11.5 Å². The number of ether oxygens (including phenoxy) is 3. The fourth-order valence-corrected chi connectivity index (χ4v) is 2.13. The van der Waals surface area contributed by atoms with Crippen LogP contribution in [0.15, 0.2) is 16.6 Å². The molecule has 0 saturated carbocycles. The normalized spacial score (nSPS) is 10.3. The summed E-state index contributed by atoms with van der Waals surface area (Å²) in [5, 5.41) is 5.82. The third-order valence-electron chi connectivity index (χ3n) is 2.80. The Balaban J connectivity index is 2.53. The molecule has 1 aromatic rings. The molecule has 0 aliphatic heterocycles. The van der Waals surface area contributed by atoms with Crippen molar-refractivity contribution in [2.24, 2.45) is 0 Å². The molecule has 0 saturated heterocycles. The molecule has 0 atom stereocenters. The Bertz CT molecular complexity index is 469. The van der Waals surface area contributed by atoms with E-state index in [2.05, 4.69) is 26.6 Å². The van der Waals surface area contributed by atoms with Crippen LogP contribution in [-0.4, -0.2) is 46.9 Å². The van der Waals surface area contributed by atoms with Gasteiger partial charge in [0.25, 0.3) is 0 Å². The number of carbonyl (C=O) groups excluding carboxylic acids is 1. The van der Waals surface area contributed by atoms with Crippen LogP contribution in [0, 0.1) is 0 Å². The van der Waals surface area contributed by atoms with E-state index in [1.54, 1.807) is 21.3 Å². The van der Waals surface area contributed by atoms with E-state index in [1.165, 1.54) is 0 Å². The van der Waals surface area contributed by atoms with Gasteiger partial charge in [0.1, 0.15) is 0 Å². The predicted octanol–water partition coefficient (Wildman–Crippen LogP) is 1.32. The summed E-state index contributed by atoms with van der Waals surface area (Å²) in [4.78, 5) is 11.7. The average Bonchev–Trinajstić information content (AvgIpc) is 2.50. The van der Waals surface area contributed by atoms with Crippen LogP contribution in [0.2, 0.25) is 0 Å². The molecule has 1 rings (SSSR count). The van der Waals surface area contributed by atoms with E-state index < -0.39 is 0 Å². The highest BCUT2D eigenvalue weighted by Crippen LogP contribution is 2.33. The molecule has 0 aliphatic carbocycles. The maximum atomic E-state index is 11.7. The largest absolute Gasteiger partial charge is 0.493 e. The van der Waals surface area contributed by atoms with Crippen molar-refractivity contribution in [3.63, 3.8) is 0 Å². The number of rotatable bonds is 9. The summed E-state index contributed by atoms with van der Waals surface area (Å²) in [6.07, 6.45) is 0. The van der Waals surface area contributed by atoms with Gasteiger partial charge in [-0.1, -0.05) is 15.9 Å². The van der Waals surface area contributed by atoms with E-state index in [1.807, 2.05) is 12.1 Å². The Labute approximate surface area is 133 Å². The van der Waals surface area contributed by atoms with Crippen molar-refractivity contribution >= 4 is 21.8 Å². The van der Waals surface area contributed by atoms with Gasteiger partial charge in [0.05, 0.1) is 27.4 Å². The first kappa shape index (κ1) is 17.7. The number of halogens is 1. The van der Waals surface area contributed by atoms with Gasteiger partial charge in [0.2, 0.25) is 5.91 Å². The second-order valence-electron chi connectivity index (χ2n) is 4.24. The summed E-state index contributed by atoms with van der Waals surface area (Å²) in [5.41, 5.74) is 0.915. The minimum absolute atomic E-state index is 0.0761. The Morgan fingerprint density at radius 2 is 1.86 bits per heavy atom. The highest BCUT2D eigenvalue weighted by Gasteiger charge is 2.10. The number of hydrogen-bond acceptors (Lipinski definition) is 5. The molecule has 0 radical (unpaired) electrons. The van der Waals surface area contributed by atoms with Crippen LogP contribution < -0.4 is 20.1 Å². The van der Waals surface area contributed by atoms with Crippen molar-refractivity contribution in [2.45, 2.75) is 6.54 Å². The first-order valence-electron chi connectivity index (χ1n) is 6.49. The van der Waals surface area contributed by atoms with E-state index in [4.69, 9.17) is 14.2 Å². The molecule has 0 bridgehead atoms. The number of benzene rings is 1. The van der Waals surface area contributed by atoms with Gasteiger partial charge < -0.3 is 24.8 Å². The van der Waals surface area contributed by atoms with Gasteiger partial charge in [0.15, 0.2) is 11.5 Å². The Hall–Kier alpha value is -1.31. The summed E-state index contributed by atoms with van der Waals surface area (Å²) in [5.74, 6) is 1.19. The average molecular weight is 361 g/mol. The van der Waals surface area contributed by atoms with Crippen molar-refractivity contribution in [1.82, 2.24) is 10.6 Å². The third kappa shape index (κ3) is 5.91. The van der Waals surface area contributed by atoms with E-state index in [9.17, 15) is 4.79 Å². The SMILES string of the molecule is COCCNCC(=O)NCc1cc(OC)c(OC)cc1Br. The Morgan fingerprint density at radius 3 is 2.48 bits per heavy atom. The van der Waals surface area contributed by atoms with Crippen LogP contribution in [0.3, 0.4) is 0 Å². The molecule has 0 fully saturated rings. The lowest BCUT2D eigenvalue weighted by atomic mass is 10.2. The van der Waals surface area contributed by atoms with Gasteiger partial charge in [-0.25, -0.2) is 0 Å². The minimum Gasteiger partial charge on any atom is -0.493 e. The smallest absolute Gasteiger partial charge is 0.234 e. The second-order valence-corrected chi connectivity index (χ2v) is 5.10. The fourth-order valence-electron chi connectivity index (χ4n) is 1.66. The summed E-state index contributed by atoms with van der Waals surface area (Å²) in [7, 11) is 4.78.